The molecule has 0 fully saturated rings. The van der Waals surface area contributed by atoms with Gasteiger partial charge in [-0.15, -0.1) is 0 Å². The Morgan fingerprint density at radius 2 is 1.81 bits per heavy atom. The minimum atomic E-state index is -0.575. The predicted molar refractivity (Wildman–Crippen MR) is 134 cm³/mol. The van der Waals surface area contributed by atoms with Crippen LogP contribution in [-0.4, -0.2) is 19.0 Å². The highest BCUT2D eigenvalue weighted by Crippen LogP contribution is 2.38. The number of hydrogen-bond donors (Lipinski definition) is 0. The fourth-order valence-corrected chi connectivity index (χ4v) is 3.87. The van der Waals surface area contributed by atoms with Gasteiger partial charge >= 0.3 is 5.97 Å². The average molecular weight is 580 g/mol. The van der Waals surface area contributed by atoms with Crippen molar-refractivity contribution in [1.82, 2.24) is 0 Å². The molecular weight excluding hydrogens is 564 g/mol. The average Bonchev–Trinajstić information content (AvgIpc) is 3.14. The molecular formula is C24H16Cl2INO4. The lowest BCUT2D eigenvalue weighted by atomic mass is 10.1. The monoisotopic (exact) mass is 579 g/mol. The molecule has 0 aliphatic carbocycles. The quantitative estimate of drug-likeness (QED) is 0.189. The van der Waals surface area contributed by atoms with Crippen LogP contribution in [0, 0.1) is 3.57 Å². The molecule has 0 bridgehead atoms. The van der Waals surface area contributed by atoms with Gasteiger partial charge in [-0.2, -0.15) is 0 Å². The number of cyclic esters (lactones) is 1. The maximum atomic E-state index is 12.3. The zero-order valence-corrected chi connectivity index (χ0v) is 20.4. The van der Waals surface area contributed by atoms with E-state index in [1.165, 1.54) is 7.11 Å². The summed E-state index contributed by atoms with van der Waals surface area (Å²) in [6.45, 7) is 0.339. The fraction of sp³-hybridized carbons (Fsp3) is 0.0833. The first-order valence-corrected chi connectivity index (χ1v) is 11.3. The number of ether oxygens (including phenoxy) is 3. The van der Waals surface area contributed by atoms with Crippen LogP contribution in [0.15, 0.2) is 71.4 Å². The van der Waals surface area contributed by atoms with E-state index in [1.54, 1.807) is 42.5 Å². The molecule has 3 aromatic carbocycles. The van der Waals surface area contributed by atoms with Crippen LogP contribution in [0.5, 0.6) is 11.5 Å². The third-order valence-corrected chi connectivity index (χ3v) is 5.91. The Bertz CT molecular complexity index is 1240. The molecule has 0 saturated heterocycles. The SMILES string of the molecule is COc1cc(/C=C2\N=C(c3ccccc3Cl)OC2=O)cc(Cl)c1OCc1ccc(I)cc1. The largest absolute Gasteiger partial charge is 0.493 e. The van der Waals surface area contributed by atoms with Crippen LogP contribution in [0.4, 0.5) is 0 Å². The van der Waals surface area contributed by atoms with E-state index in [0.29, 0.717) is 39.3 Å². The highest BCUT2D eigenvalue weighted by Gasteiger charge is 2.25. The number of aliphatic imine (C=N–C) groups is 1. The van der Waals surface area contributed by atoms with Crippen LogP contribution in [0.1, 0.15) is 16.7 Å². The molecule has 8 heteroatoms. The number of benzene rings is 3. The van der Waals surface area contributed by atoms with Gasteiger partial charge in [0, 0.05) is 3.57 Å². The van der Waals surface area contributed by atoms with Crippen LogP contribution >= 0.6 is 45.8 Å². The van der Waals surface area contributed by atoms with E-state index in [1.807, 2.05) is 24.3 Å². The Morgan fingerprint density at radius 1 is 1.06 bits per heavy atom. The molecule has 0 N–H and O–H groups in total. The van der Waals surface area contributed by atoms with Gasteiger partial charge in [-0.05, 0) is 76.2 Å². The molecule has 162 valence electrons. The maximum Gasteiger partial charge on any atom is 0.363 e. The van der Waals surface area contributed by atoms with Crippen molar-refractivity contribution in [2.24, 2.45) is 4.99 Å². The lowest BCUT2D eigenvalue weighted by molar-refractivity contribution is -0.129. The molecule has 0 spiro atoms. The van der Waals surface area contributed by atoms with Gasteiger partial charge in [0.25, 0.3) is 0 Å². The van der Waals surface area contributed by atoms with E-state index in [4.69, 9.17) is 37.4 Å². The fourth-order valence-electron chi connectivity index (χ4n) is 3.02. The smallest absolute Gasteiger partial charge is 0.363 e. The van der Waals surface area contributed by atoms with Crippen molar-refractivity contribution in [1.29, 1.82) is 0 Å². The van der Waals surface area contributed by atoms with Gasteiger partial charge in [0.1, 0.15) is 6.61 Å². The summed E-state index contributed by atoms with van der Waals surface area (Å²) < 4.78 is 17.8. The Labute approximate surface area is 208 Å². The summed E-state index contributed by atoms with van der Waals surface area (Å²) in [5.74, 6) is 0.442. The molecule has 0 aromatic heterocycles. The van der Waals surface area contributed by atoms with Crippen molar-refractivity contribution >= 4 is 63.7 Å². The molecule has 1 aliphatic rings. The second kappa shape index (κ2) is 9.94. The minimum absolute atomic E-state index is 0.130. The Kier molecular flexibility index (Phi) is 7.03. The van der Waals surface area contributed by atoms with Crippen molar-refractivity contribution in [3.05, 3.63) is 96.7 Å². The summed E-state index contributed by atoms with van der Waals surface area (Å²) in [5.41, 5.74) is 2.29. The van der Waals surface area contributed by atoms with Gasteiger partial charge in [0.2, 0.25) is 5.90 Å². The highest BCUT2D eigenvalue weighted by atomic mass is 127. The molecule has 3 aromatic rings. The number of carbonyl (C=O) groups excluding carboxylic acids is 1. The number of nitrogens with zero attached hydrogens (tertiary/aromatic N) is 1. The number of hydrogen-bond acceptors (Lipinski definition) is 5. The van der Waals surface area contributed by atoms with Crippen molar-refractivity contribution < 1.29 is 19.0 Å². The molecule has 0 unspecified atom stereocenters. The summed E-state index contributed by atoms with van der Waals surface area (Å²) in [6.07, 6.45) is 1.57. The number of carbonyl (C=O) groups is 1. The van der Waals surface area contributed by atoms with Gasteiger partial charge in [-0.3, -0.25) is 0 Å². The summed E-state index contributed by atoms with van der Waals surface area (Å²) in [7, 11) is 1.53. The van der Waals surface area contributed by atoms with E-state index < -0.39 is 5.97 Å². The van der Waals surface area contributed by atoms with Crippen LogP contribution in [0.2, 0.25) is 10.0 Å². The Balaban J connectivity index is 1.59. The van der Waals surface area contributed by atoms with Crippen LogP contribution in [0.3, 0.4) is 0 Å². The van der Waals surface area contributed by atoms with E-state index >= 15 is 0 Å². The van der Waals surface area contributed by atoms with Crippen LogP contribution < -0.4 is 9.47 Å². The van der Waals surface area contributed by atoms with Gasteiger partial charge in [0.15, 0.2) is 17.2 Å². The standard InChI is InChI=1S/C24H16Cl2INO4/c1-30-21-12-15(10-19(26)22(21)31-13-14-6-8-16(27)9-7-14)11-20-24(29)32-23(28-20)17-4-2-3-5-18(17)25/h2-12H,13H2,1H3/b20-11-. The zero-order chi connectivity index (χ0) is 22.7. The third kappa shape index (κ3) is 5.09. The van der Waals surface area contributed by atoms with Gasteiger partial charge in [-0.25, -0.2) is 9.79 Å². The second-order valence-electron chi connectivity index (χ2n) is 6.77. The van der Waals surface area contributed by atoms with E-state index in [9.17, 15) is 4.79 Å². The number of methoxy groups -OCH3 is 1. The molecule has 0 amide bonds. The molecule has 1 aliphatic heterocycles. The Morgan fingerprint density at radius 3 is 2.53 bits per heavy atom. The van der Waals surface area contributed by atoms with Crippen LogP contribution in [-0.2, 0) is 16.1 Å². The summed E-state index contributed by atoms with van der Waals surface area (Å²) in [5, 5.41) is 0.794. The second-order valence-corrected chi connectivity index (χ2v) is 8.83. The predicted octanol–water partition coefficient (Wildman–Crippen LogP) is 6.53. The molecule has 0 radical (unpaired) electrons. The normalized spacial score (nSPS) is 14.3. The van der Waals surface area contributed by atoms with Gasteiger partial charge in [-0.1, -0.05) is 47.5 Å². The first-order chi connectivity index (χ1) is 15.4. The van der Waals surface area contributed by atoms with E-state index in [-0.39, 0.29) is 11.6 Å². The van der Waals surface area contributed by atoms with E-state index in [2.05, 4.69) is 27.6 Å². The molecule has 1 heterocycles. The minimum Gasteiger partial charge on any atom is -0.493 e. The molecule has 0 saturated carbocycles. The van der Waals surface area contributed by atoms with Gasteiger partial charge < -0.3 is 14.2 Å². The van der Waals surface area contributed by atoms with Crippen molar-refractivity contribution in [3.8, 4) is 11.5 Å². The number of rotatable bonds is 6. The van der Waals surface area contributed by atoms with Crippen molar-refractivity contribution in [2.45, 2.75) is 6.61 Å². The Hall–Kier alpha value is -2.55. The molecule has 0 atom stereocenters. The highest BCUT2D eigenvalue weighted by molar-refractivity contribution is 14.1. The topological polar surface area (TPSA) is 57.1 Å². The first-order valence-electron chi connectivity index (χ1n) is 9.47. The van der Waals surface area contributed by atoms with Gasteiger partial charge in [0.05, 0.1) is 22.7 Å². The molecule has 32 heavy (non-hydrogen) atoms. The maximum absolute atomic E-state index is 12.3. The lowest BCUT2D eigenvalue weighted by Gasteiger charge is -2.13. The third-order valence-electron chi connectivity index (χ3n) is 4.58. The van der Waals surface area contributed by atoms with Crippen molar-refractivity contribution in [3.63, 3.8) is 0 Å². The zero-order valence-electron chi connectivity index (χ0n) is 16.8. The summed E-state index contributed by atoms with van der Waals surface area (Å²) >= 11 is 14.9. The first kappa shape index (κ1) is 22.6. The van der Waals surface area contributed by atoms with Crippen molar-refractivity contribution in [2.75, 3.05) is 7.11 Å². The molecule has 5 nitrogen and oxygen atoms in total. The number of esters is 1. The number of halogens is 3. The van der Waals surface area contributed by atoms with E-state index in [0.717, 1.165) is 9.13 Å². The lowest BCUT2D eigenvalue weighted by Crippen LogP contribution is -2.05. The summed E-state index contributed by atoms with van der Waals surface area (Å²) in [6, 6.07) is 18.4. The van der Waals surface area contributed by atoms with Crippen LogP contribution in [0.25, 0.3) is 6.08 Å². The summed E-state index contributed by atoms with van der Waals surface area (Å²) in [4.78, 5) is 16.6. The molecule has 4 rings (SSSR count).